The first kappa shape index (κ1) is 11.6. The molecular weight excluding hydrogens is 190 g/mol. The van der Waals surface area contributed by atoms with Crippen LogP contribution in [0.3, 0.4) is 0 Å². The summed E-state index contributed by atoms with van der Waals surface area (Å²) in [6.07, 6.45) is 6.24. The van der Waals surface area contributed by atoms with E-state index in [9.17, 15) is 9.59 Å². The molecule has 1 heterocycles. The molecule has 0 unspecified atom stereocenters. The van der Waals surface area contributed by atoms with E-state index in [0.29, 0.717) is 12.0 Å². The molecule has 0 spiro atoms. The van der Waals surface area contributed by atoms with Crippen molar-refractivity contribution in [3.8, 4) is 0 Å². The van der Waals surface area contributed by atoms with Crippen molar-refractivity contribution in [2.45, 2.75) is 32.6 Å². The molecular formula is C12H15NO2. The zero-order valence-electron chi connectivity index (χ0n) is 8.90. The van der Waals surface area contributed by atoms with Crippen molar-refractivity contribution >= 4 is 11.6 Å². The molecule has 0 aromatic carbocycles. The van der Waals surface area contributed by atoms with Gasteiger partial charge in [0, 0.05) is 24.4 Å². The largest absolute Gasteiger partial charge is 0.290 e. The summed E-state index contributed by atoms with van der Waals surface area (Å²) < 4.78 is 0. The van der Waals surface area contributed by atoms with Crippen molar-refractivity contribution in [3.05, 3.63) is 30.1 Å². The van der Waals surface area contributed by atoms with E-state index >= 15 is 0 Å². The van der Waals surface area contributed by atoms with Crippen molar-refractivity contribution in [1.82, 2.24) is 4.98 Å². The molecule has 0 aliphatic heterocycles. The minimum Gasteiger partial charge on any atom is -0.290 e. The quantitative estimate of drug-likeness (QED) is 0.407. The minimum absolute atomic E-state index is 0.297. The van der Waals surface area contributed by atoms with Crippen LogP contribution in [0.1, 0.15) is 43.0 Å². The monoisotopic (exact) mass is 205 g/mol. The molecule has 0 bridgehead atoms. The average molecular weight is 205 g/mol. The van der Waals surface area contributed by atoms with Crippen molar-refractivity contribution < 1.29 is 9.59 Å². The Hall–Kier alpha value is -1.51. The van der Waals surface area contributed by atoms with Gasteiger partial charge in [-0.25, -0.2) is 0 Å². The molecule has 0 amide bonds. The van der Waals surface area contributed by atoms with E-state index < -0.39 is 5.78 Å². The van der Waals surface area contributed by atoms with E-state index in [1.54, 1.807) is 12.1 Å². The fourth-order valence-electron chi connectivity index (χ4n) is 1.31. The Morgan fingerprint density at radius 2 is 1.87 bits per heavy atom. The third kappa shape index (κ3) is 3.62. The maximum Gasteiger partial charge on any atom is 0.228 e. The number of pyridine rings is 1. The maximum absolute atomic E-state index is 11.6. The van der Waals surface area contributed by atoms with Crippen molar-refractivity contribution in [1.29, 1.82) is 0 Å². The van der Waals surface area contributed by atoms with Gasteiger partial charge < -0.3 is 0 Å². The minimum atomic E-state index is -0.395. The predicted octanol–water partition coefficient (Wildman–Crippen LogP) is 2.41. The second kappa shape index (κ2) is 6.06. The molecule has 0 fully saturated rings. The van der Waals surface area contributed by atoms with Crippen LogP contribution in [0, 0.1) is 0 Å². The lowest BCUT2D eigenvalue weighted by molar-refractivity contribution is -0.115. The average Bonchev–Trinajstić information content (AvgIpc) is 2.29. The summed E-state index contributed by atoms with van der Waals surface area (Å²) in [7, 11) is 0. The molecule has 1 rings (SSSR count). The van der Waals surface area contributed by atoms with Gasteiger partial charge in [0.2, 0.25) is 11.6 Å². The van der Waals surface area contributed by atoms with Gasteiger partial charge in [-0.3, -0.25) is 14.6 Å². The van der Waals surface area contributed by atoms with Crippen LogP contribution < -0.4 is 0 Å². The number of carbonyl (C=O) groups is 2. The molecule has 80 valence electrons. The fourth-order valence-corrected chi connectivity index (χ4v) is 1.31. The molecule has 3 nitrogen and oxygen atoms in total. The van der Waals surface area contributed by atoms with Crippen LogP contribution in [-0.2, 0) is 4.79 Å². The molecule has 0 N–H and O–H groups in total. The van der Waals surface area contributed by atoms with Crippen molar-refractivity contribution in [2.24, 2.45) is 0 Å². The van der Waals surface area contributed by atoms with Gasteiger partial charge in [-0.1, -0.05) is 19.8 Å². The van der Waals surface area contributed by atoms with Crippen LogP contribution >= 0.6 is 0 Å². The zero-order valence-corrected chi connectivity index (χ0v) is 8.90. The second-order valence-electron chi connectivity index (χ2n) is 3.45. The Kier molecular flexibility index (Phi) is 4.68. The van der Waals surface area contributed by atoms with Crippen molar-refractivity contribution in [2.75, 3.05) is 0 Å². The predicted molar refractivity (Wildman–Crippen MR) is 57.7 cm³/mol. The van der Waals surface area contributed by atoms with E-state index in [1.165, 1.54) is 12.4 Å². The van der Waals surface area contributed by atoms with Crippen LogP contribution in [0.2, 0.25) is 0 Å². The summed E-state index contributed by atoms with van der Waals surface area (Å²) in [5.41, 5.74) is 0.437. The molecule has 0 atom stereocenters. The first-order valence-corrected chi connectivity index (χ1v) is 5.23. The number of aromatic nitrogens is 1. The van der Waals surface area contributed by atoms with E-state index in [1.807, 2.05) is 0 Å². The highest BCUT2D eigenvalue weighted by Crippen LogP contribution is 2.05. The highest BCUT2D eigenvalue weighted by atomic mass is 16.2. The van der Waals surface area contributed by atoms with Gasteiger partial charge in [0.15, 0.2) is 0 Å². The first-order valence-electron chi connectivity index (χ1n) is 5.23. The summed E-state index contributed by atoms with van der Waals surface area (Å²) in [4.78, 5) is 26.8. The van der Waals surface area contributed by atoms with Crippen LogP contribution in [-0.4, -0.2) is 16.6 Å². The molecule has 3 heteroatoms. The smallest absolute Gasteiger partial charge is 0.228 e. The standard InChI is InChI=1S/C12H15NO2/c1-2-3-4-5-11(14)12(15)10-6-8-13-9-7-10/h6-9H,2-5H2,1H3. The molecule has 0 radical (unpaired) electrons. The Morgan fingerprint density at radius 3 is 2.47 bits per heavy atom. The van der Waals surface area contributed by atoms with Gasteiger partial charge in [0.25, 0.3) is 0 Å². The first-order chi connectivity index (χ1) is 7.25. The summed E-state index contributed by atoms with van der Waals surface area (Å²) in [5.74, 6) is -0.692. The number of hydrogen-bond donors (Lipinski definition) is 0. The number of unbranched alkanes of at least 4 members (excludes halogenated alkanes) is 2. The normalized spacial score (nSPS) is 9.93. The second-order valence-corrected chi connectivity index (χ2v) is 3.45. The molecule has 0 saturated heterocycles. The lowest BCUT2D eigenvalue weighted by Gasteiger charge is -1.99. The lowest BCUT2D eigenvalue weighted by atomic mass is 10.0. The van der Waals surface area contributed by atoms with Gasteiger partial charge in [-0.05, 0) is 18.6 Å². The highest BCUT2D eigenvalue weighted by molar-refractivity contribution is 6.43. The molecule has 1 aromatic rings. The van der Waals surface area contributed by atoms with E-state index in [-0.39, 0.29) is 5.78 Å². The maximum atomic E-state index is 11.6. The molecule has 0 aliphatic carbocycles. The third-order valence-electron chi connectivity index (χ3n) is 2.20. The van der Waals surface area contributed by atoms with E-state index in [2.05, 4.69) is 11.9 Å². The Morgan fingerprint density at radius 1 is 1.20 bits per heavy atom. The highest BCUT2D eigenvalue weighted by Gasteiger charge is 2.14. The van der Waals surface area contributed by atoms with Crippen LogP contribution in [0.4, 0.5) is 0 Å². The zero-order chi connectivity index (χ0) is 11.1. The molecule has 15 heavy (non-hydrogen) atoms. The number of carbonyl (C=O) groups excluding carboxylic acids is 2. The summed E-state index contributed by atoms with van der Waals surface area (Å²) in [6, 6.07) is 3.14. The van der Waals surface area contributed by atoms with Crippen LogP contribution in [0.5, 0.6) is 0 Å². The molecule has 0 saturated carbocycles. The van der Waals surface area contributed by atoms with Gasteiger partial charge in [0.1, 0.15) is 0 Å². The number of Topliss-reactive ketones (excluding diaryl/α,β-unsaturated/α-hetero) is 2. The number of rotatable bonds is 6. The van der Waals surface area contributed by atoms with Crippen LogP contribution in [0.25, 0.3) is 0 Å². The van der Waals surface area contributed by atoms with Crippen LogP contribution in [0.15, 0.2) is 24.5 Å². The van der Waals surface area contributed by atoms with Gasteiger partial charge in [-0.2, -0.15) is 0 Å². The SMILES string of the molecule is CCCCCC(=O)C(=O)c1ccncc1. The lowest BCUT2D eigenvalue weighted by Crippen LogP contribution is -2.13. The van der Waals surface area contributed by atoms with Gasteiger partial charge in [0.05, 0.1) is 0 Å². The summed E-state index contributed by atoms with van der Waals surface area (Å²) in [6.45, 7) is 2.06. The topological polar surface area (TPSA) is 47.0 Å². The number of hydrogen-bond acceptors (Lipinski definition) is 3. The number of ketones is 2. The fraction of sp³-hybridized carbons (Fsp3) is 0.417. The van der Waals surface area contributed by atoms with E-state index in [4.69, 9.17) is 0 Å². The Labute approximate surface area is 89.5 Å². The Bertz CT molecular complexity index is 333. The summed E-state index contributed by atoms with van der Waals surface area (Å²) in [5, 5.41) is 0. The van der Waals surface area contributed by atoms with Gasteiger partial charge >= 0.3 is 0 Å². The Balaban J connectivity index is 2.50. The molecule has 0 aliphatic rings. The van der Waals surface area contributed by atoms with Crippen molar-refractivity contribution in [3.63, 3.8) is 0 Å². The molecule has 1 aromatic heterocycles. The summed E-state index contributed by atoms with van der Waals surface area (Å²) >= 11 is 0. The number of nitrogens with zero attached hydrogens (tertiary/aromatic N) is 1. The third-order valence-corrected chi connectivity index (χ3v) is 2.20. The van der Waals surface area contributed by atoms with E-state index in [0.717, 1.165) is 19.3 Å². The van der Waals surface area contributed by atoms with Gasteiger partial charge in [-0.15, -0.1) is 0 Å².